The highest BCUT2D eigenvalue weighted by molar-refractivity contribution is 6.04. The Labute approximate surface area is 196 Å². The average molecular weight is 463 g/mol. The minimum absolute atomic E-state index is 0.0796. The molecule has 2 aliphatic rings. The number of ketones is 1. The summed E-state index contributed by atoms with van der Waals surface area (Å²) >= 11 is 0. The molecule has 0 saturated carbocycles. The third kappa shape index (κ3) is 3.01. The number of rotatable bonds is 4. The first-order valence-corrected chi connectivity index (χ1v) is 11.1. The van der Waals surface area contributed by atoms with Crippen LogP contribution in [0.1, 0.15) is 38.3 Å². The Balaban J connectivity index is 1.90. The molecule has 0 bridgehead atoms. The van der Waals surface area contributed by atoms with Gasteiger partial charge in [-0.1, -0.05) is 26.0 Å². The van der Waals surface area contributed by atoms with E-state index in [1.54, 1.807) is 36.4 Å². The van der Waals surface area contributed by atoms with Gasteiger partial charge < -0.3 is 14.2 Å². The fourth-order valence-electron chi connectivity index (χ4n) is 5.26. The van der Waals surface area contributed by atoms with Crippen molar-refractivity contribution in [2.45, 2.75) is 32.7 Å². The Morgan fingerprint density at radius 2 is 1.44 bits per heavy atom. The van der Waals surface area contributed by atoms with E-state index in [9.17, 15) is 14.4 Å². The lowest BCUT2D eigenvalue weighted by atomic mass is 9.74. The molecular formula is C26H26N2O6. The Kier molecular flexibility index (Phi) is 4.93. The van der Waals surface area contributed by atoms with Crippen LogP contribution in [0.15, 0.2) is 51.6 Å². The monoisotopic (exact) mass is 462 g/mol. The number of carbonyl (C=O) groups excluding carboxylic acids is 1. The van der Waals surface area contributed by atoms with E-state index in [1.807, 2.05) is 13.8 Å². The van der Waals surface area contributed by atoms with E-state index >= 15 is 0 Å². The average Bonchev–Trinajstić information content (AvgIpc) is 3.16. The summed E-state index contributed by atoms with van der Waals surface area (Å²) < 4.78 is 19.3. The second-order valence-electron chi connectivity index (χ2n) is 9.47. The van der Waals surface area contributed by atoms with Gasteiger partial charge in [0.15, 0.2) is 17.3 Å². The van der Waals surface area contributed by atoms with Crippen molar-refractivity contribution in [3.8, 4) is 17.2 Å². The van der Waals surface area contributed by atoms with E-state index in [4.69, 9.17) is 14.2 Å². The van der Waals surface area contributed by atoms with Crippen LogP contribution in [0.5, 0.6) is 17.2 Å². The van der Waals surface area contributed by atoms with E-state index in [0.717, 1.165) is 0 Å². The lowest BCUT2D eigenvalue weighted by Gasteiger charge is -2.30. The largest absolute Gasteiger partial charge is 0.493 e. The van der Waals surface area contributed by atoms with Crippen LogP contribution >= 0.6 is 0 Å². The van der Waals surface area contributed by atoms with Gasteiger partial charge in [-0.15, -0.1) is 0 Å². The van der Waals surface area contributed by atoms with Crippen LogP contribution in [0.3, 0.4) is 0 Å². The van der Waals surface area contributed by atoms with Gasteiger partial charge in [0.1, 0.15) is 6.04 Å². The van der Waals surface area contributed by atoms with Gasteiger partial charge in [0.05, 0.1) is 37.8 Å². The summed E-state index contributed by atoms with van der Waals surface area (Å²) in [4.78, 5) is 41.0. The van der Waals surface area contributed by atoms with Crippen LogP contribution in [-0.4, -0.2) is 36.5 Å². The van der Waals surface area contributed by atoms with Gasteiger partial charge in [-0.05, 0) is 41.7 Å². The van der Waals surface area contributed by atoms with Crippen molar-refractivity contribution in [1.82, 2.24) is 9.36 Å². The molecule has 0 spiro atoms. The number of carbonyl (C=O) groups is 1. The van der Waals surface area contributed by atoms with Crippen molar-refractivity contribution in [2.24, 2.45) is 5.41 Å². The van der Waals surface area contributed by atoms with Crippen molar-refractivity contribution < 1.29 is 19.0 Å². The van der Waals surface area contributed by atoms with Gasteiger partial charge >= 0.3 is 0 Å². The molecule has 8 nitrogen and oxygen atoms in total. The summed E-state index contributed by atoms with van der Waals surface area (Å²) in [6, 6.07) is 9.41. The molecule has 2 aromatic carbocycles. The van der Waals surface area contributed by atoms with Crippen LogP contribution in [0.2, 0.25) is 0 Å². The summed E-state index contributed by atoms with van der Waals surface area (Å²) in [5, 5.41) is 0.643. The SMILES string of the molecule is COc1cc(C2C3=C(CC(C)(C)CC3=O)n3c(=O)c4ccccc4c(=O)n32)cc(OC)c1OC. The minimum atomic E-state index is -0.794. The number of allylic oxidation sites excluding steroid dienone is 2. The number of fused-ring (bicyclic) bond motifs is 3. The molecule has 1 unspecified atom stereocenters. The molecule has 5 rings (SSSR count). The molecule has 0 radical (unpaired) electrons. The maximum atomic E-state index is 13.8. The Hall–Kier alpha value is -3.81. The highest BCUT2D eigenvalue weighted by atomic mass is 16.5. The molecule has 8 heteroatoms. The van der Waals surface area contributed by atoms with Crippen LogP contribution in [0, 0.1) is 5.41 Å². The van der Waals surface area contributed by atoms with Crippen molar-refractivity contribution in [3.63, 3.8) is 0 Å². The fourth-order valence-corrected chi connectivity index (χ4v) is 5.26. The number of benzene rings is 2. The van der Waals surface area contributed by atoms with Gasteiger partial charge in [-0.25, -0.2) is 9.36 Å². The van der Waals surface area contributed by atoms with Gasteiger partial charge in [0.2, 0.25) is 5.75 Å². The first-order chi connectivity index (χ1) is 16.2. The van der Waals surface area contributed by atoms with Gasteiger partial charge in [-0.3, -0.25) is 14.4 Å². The second-order valence-corrected chi connectivity index (χ2v) is 9.47. The Morgan fingerprint density at radius 3 is 2.00 bits per heavy atom. The molecular weight excluding hydrogens is 436 g/mol. The predicted molar refractivity (Wildman–Crippen MR) is 128 cm³/mol. The molecule has 176 valence electrons. The Morgan fingerprint density at radius 1 is 0.853 bits per heavy atom. The van der Waals surface area contributed by atoms with Crippen molar-refractivity contribution in [3.05, 3.63) is 68.2 Å². The number of methoxy groups -OCH3 is 3. The lowest BCUT2D eigenvalue weighted by molar-refractivity contribution is -0.118. The predicted octanol–water partition coefficient (Wildman–Crippen LogP) is 3.39. The summed E-state index contributed by atoms with van der Waals surface area (Å²) in [6.45, 7) is 3.99. The molecule has 0 amide bonds. The topological polar surface area (TPSA) is 88.8 Å². The number of nitrogens with zero attached hydrogens (tertiary/aromatic N) is 2. The smallest absolute Gasteiger partial charge is 0.277 e. The second kappa shape index (κ2) is 7.62. The zero-order valence-corrected chi connectivity index (χ0v) is 19.8. The van der Waals surface area contributed by atoms with E-state index in [0.29, 0.717) is 57.7 Å². The molecule has 0 N–H and O–H groups in total. The van der Waals surface area contributed by atoms with E-state index in [-0.39, 0.29) is 22.3 Å². The first kappa shape index (κ1) is 22.0. The highest BCUT2D eigenvalue weighted by Gasteiger charge is 2.45. The number of aromatic nitrogens is 2. The normalized spacial score (nSPS) is 18.6. The van der Waals surface area contributed by atoms with Crippen LogP contribution in [-0.2, 0) is 4.79 Å². The molecule has 0 saturated heterocycles. The van der Waals surface area contributed by atoms with Crippen molar-refractivity contribution in [2.75, 3.05) is 21.3 Å². The summed E-state index contributed by atoms with van der Waals surface area (Å²) in [5.74, 6) is 1.12. The van der Waals surface area contributed by atoms with E-state index in [2.05, 4.69) is 0 Å². The summed E-state index contributed by atoms with van der Waals surface area (Å²) in [7, 11) is 4.52. The van der Waals surface area contributed by atoms with Crippen LogP contribution in [0.25, 0.3) is 16.5 Å². The van der Waals surface area contributed by atoms with Crippen molar-refractivity contribution >= 4 is 22.3 Å². The third-order valence-corrected chi connectivity index (χ3v) is 6.68. The standard InChI is InChI=1S/C26H26N2O6/c1-26(2)12-17-21(18(29)13-26)22(14-10-19(32-3)23(34-5)20(11-14)33-4)28-25(31)16-9-7-6-8-15(16)24(30)27(17)28/h6-11,22H,12-13H2,1-5H3. The number of hydrogen-bond donors (Lipinski definition) is 0. The molecule has 34 heavy (non-hydrogen) atoms. The zero-order chi connectivity index (χ0) is 24.4. The van der Waals surface area contributed by atoms with Gasteiger partial charge in [-0.2, -0.15) is 0 Å². The fraction of sp³-hybridized carbons (Fsp3) is 0.346. The maximum absolute atomic E-state index is 13.8. The molecule has 1 aromatic heterocycles. The van der Waals surface area contributed by atoms with E-state index in [1.165, 1.54) is 30.7 Å². The quantitative estimate of drug-likeness (QED) is 0.591. The first-order valence-electron chi connectivity index (χ1n) is 11.1. The minimum Gasteiger partial charge on any atom is -0.493 e. The van der Waals surface area contributed by atoms with E-state index < -0.39 is 6.04 Å². The number of hydrogen-bond acceptors (Lipinski definition) is 6. The molecule has 3 aromatic rings. The molecule has 0 fully saturated rings. The number of ether oxygens (including phenoxy) is 3. The molecule has 1 aliphatic carbocycles. The maximum Gasteiger partial charge on any atom is 0.277 e. The zero-order valence-electron chi connectivity index (χ0n) is 19.8. The van der Waals surface area contributed by atoms with Gasteiger partial charge in [0, 0.05) is 12.0 Å². The highest BCUT2D eigenvalue weighted by Crippen LogP contribution is 2.49. The molecule has 1 atom stereocenters. The number of Topliss-reactive ketones (excluding diaryl/α,β-unsaturated/α-hetero) is 1. The third-order valence-electron chi connectivity index (χ3n) is 6.68. The Bertz CT molecular complexity index is 1480. The van der Waals surface area contributed by atoms with Crippen LogP contribution < -0.4 is 25.3 Å². The lowest BCUT2D eigenvalue weighted by Crippen LogP contribution is -2.37. The van der Waals surface area contributed by atoms with Crippen molar-refractivity contribution in [1.29, 1.82) is 0 Å². The summed E-state index contributed by atoms with van der Waals surface area (Å²) in [5.41, 5.74) is 0.637. The molecule has 2 heterocycles. The molecule has 1 aliphatic heterocycles. The van der Waals surface area contributed by atoms with Gasteiger partial charge in [0.25, 0.3) is 11.1 Å². The summed E-state index contributed by atoms with van der Waals surface area (Å²) in [6.07, 6.45) is 0.816. The van der Waals surface area contributed by atoms with Crippen LogP contribution in [0.4, 0.5) is 0 Å².